The minimum atomic E-state index is -3.52. The van der Waals surface area contributed by atoms with E-state index in [1.54, 1.807) is 6.07 Å². The summed E-state index contributed by atoms with van der Waals surface area (Å²) in [4.78, 5) is 4.18. The fourth-order valence-corrected chi connectivity index (χ4v) is 4.34. The van der Waals surface area contributed by atoms with E-state index in [0.29, 0.717) is 22.7 Å². The first-order chi connectivity index (χ1) is 11.3. The smallest absolute Gasteiger partial charge is 0.239 e. The summed E-state index contributed by atoms with van der Waals surface area (Å²) >= 11 is 0. The highest BCUT2D eigenvalue weighted by atomic mass is 32.2. The van der Waals surface area contributed by atoms with Crippen LogP contribution in [-0.2, 0) is 20.8 Å². The third kappa shape index (κ3) is 3.54. The van der Waals surface area contributed by atoms with Crippen molar-refractivity contribution >= 4 is 43.4 Å². The minimum absolute atomic E-state index is 0.0468. The van der Waals surface area contributed by atoms with Gasteiger partial charge < -0.3 is 5.73 Å². The third-order valence-corrected chi connectivity index (χ3v) is 6.27. The van der Waals surface area contributed by atoms with Gasteiger partial charge in [-0.25, -0.2) is 17.4 Å². The van der Waals surface area contributed by atoms with Gasteiger partial charge in [-0.05, 0) is 48.4 Å². The quantitative estimate of drug-likeness (QED) is 0.845. The molecule has 8 heteroatoms. The molecule has 130 valence electrons. The molecule has 1 aromatic carbocycles. The molecule has 1 saturated carbocycles. The van der Waals surface area contributed by atoms with Crippen molar-refractivity contribution in [2.75, 3.05) is 17.7 Å². The monoisotopic (exact) mass is 367 g/mol. The van der Waals surface area contributed by atoms with Crippen molar-refractivity contribution in [1.29, 1.82) is 0 Å². The lowest BCUT2D eigenvalue weighted by atomic mass is 10.0. The molecule has 3 rings (SSSR count). The van der Waals surface area contributed by atoms with E-state index in [0.717, 1.165) is 27.8 Å². The highest BCUT2D eigenvalue weighted by molar-refractivity contribution is 7.89. The van der Waals surface area contributed by atoms with Crippen LogP contribution in [0.15, 0.2) is 23.6 Å². The Kier molecular flexibility index (Phi) is 4.52. The molecular formula is C16H21N3O3S2. The van der Waals surface area contributed by atoms with Gasteiger partial charge in [0.2, 0.25) is 16.0 Å². The van der Waals surface area contributed by atoms with E-state index in [9.17, 15) is 12.6 Å². The molecule has 0 spiro atoms. The lowest BCUT2D eigenvalue weighted by molar-refractivity contribution is 0.595. The van der Waals surface area contributed by atoms with Crippen LogP contribution in [0.1, 0.15) is 31.7 Å². The first-order valence-corrected chi connectivity index (χ1v) is 11.1. The van der Waals surface area contributed by atoms with Crippen LogP contribution in [0.2, 0.25) is 0 Å². The van der Waals surface area contributed by atoms with Gasteiger partial charge in [-0.15, -0.1) is 0 Å². The zero-order valence-electron chi connectivity index (χ0n) is 13.7. The number of aromatic nitrogens is 2. The average molecular weight is 367 g/mol. The largest absolute Gasteiger partial charge is 0.368 e. The summed E-state index contributed by atoms with van der Waals surface area (Å²) in [7, 11) is -4.52. The number of nitrogen functional groups attached to an aromatic ring is 1. The van der Waals surface area contributed by atoms with Crippen molar-refractivity contribution in [3.63, 3.8) is 0 Å². The Balaban J connectivity index is 2.09. The maximum atomic E-state index is 12.0. The second-order valence-corrected chi connectivity index (χ2v) is 9.57. The van der Waals surface area contributed by atoms with Gasteiger partial charge in [-0.2, -0.15) is 0 Å². The van der Waals surface area contributed by atoms with Gasteiger partial charge in [0.05, 0.1) is 17.3 Å². The lowest BCUT2D eigenvalue weighted by Crippen LogP contribution is -2.12. The average Bonchev–Trinajstić information content (AvgIpc) is 3.24. The molecule has 24 heavy (non-hydrogen) atoms. The maximum Gasteiger partial charge on any atom is 0.239 e. The lowest BCUT2D eigenvalue weighted by Gasteiger charge is -2.08. The van der Waals surface area contributed by atoms with Crippen molar-refractivity contribution in [2.24, 2.45) is 5.92 Å². The summed E-state index contributed by atoms with van der Waals surface area (Å²) in [6.07, 6.45) is 4.39. The molecule has 1 atom stereocenters. The number of fused-ring (bicyclic) bond motifs is 1. The number of hydrogen-bond donors (Lipinski definition) is 1. The van der Waals surface area contributed by atoms with Gasteiger partial charge in [0.25, 0.3) is 0 Å². The zero-order chi connectivity index (χ0) is 17.5. The van der Waals surface area contributed by atoms with Crippen LogP contribution in [0.4, 0.5) is 5.95 Å². The molecule has 1 aliphatic rings. The number of anilines is 1. The van der Waals surface area contributed by atoms with Crippen molar-refractivity contribution in [3.8, 4) is 0 Å². The molecule has 0 amide bonds. The first kappa shape index (κ1) is 17.2. The highest BCUT2D eigenvalue weighted by Crippen LogP contribution is 2.39. The van der Waals surface area contributed by atoms with Crippen LogP contribution >= 0.6 is 0 Å². The normalized spacial score (nSPS) is 17.3. The summed E-state index contributed by atoms with van der Waals surface area (Å²) in [5.41, 5.74) is 8.71. The van der Waals surface area contributed by atoms with Crippen LogP contribution in [0.5, 0.6) is 0 Å². The van der Waals surface area contributed by atoms with Gasteiger partial charge >= 0.3 is 0 Å². The van der Waals surface area contributed by atoms with Crippen molar-refractivity contribution in [3.05, 3.63) is 29.2 Å². The molecule has 1 fully saturated rings. The second kappa shape index (κ2) is 6.33. The molecule has 1 aliphatic carbocycles. The summed E-state index contributed by atoms with van der Waals surface area (Å²) in [6, 6.07) is 5.39. The zero-order valence-corrected chi connectivity index (χ0v) is 15.4. The second-order valence-electron chi connectivity index (χ2n) is 6.16. The van der Waals surface area contributed by atoms with Gasteiger partial charge in [0.1, 0.15) is 0 Å². The summed E-state index contributed by atoms with van der Waals surface area (Å²) in [5.74, 6) is 1.18. The molecule has 2 N–H and O–H groups in total. The van der Waals surface area contributed by atoms with Crippen molar-refractivity contribution < 1.29 is 12.6 Å². The number of benzene rings is 1. The molecule has 1 heterocycles. The Hall–Kier alpha value is -1.67. The maximum absolute atomic E-state index is 12.0. The van der Waals surface area contributed by atoms with Crippen molar-refractivity contribution in [2.45, 2.75) is 26.2 Å². The minimum Gasteiger partial charge on any atom is -0.368 e. The summed E-state index contributed by atoms with van der Waals surface area (Å²) < 4.78 is 36.8. The molecular weight excluding hydrogens is 346 g/mol. The molecule has 2 aromatic rings. The fourth-order valence-electron chi connectivity index (χ4n) is 2.73. The third-order valence-electron chi connectivity index (χ3n) is 4.10. The summed E-state index contributed by atoms with van der Waals surface area (Å²) in [6.45, 7) is 1.89. The van der Waals surface area contributed by atoms with E-state index in [-0.39, 0.29) is 5.95 Å². The van der Waals surface area contributed by atoms with Crippen LogP contribution in [-0.4, -0.2) is 33.6 Å². The van der Waals surface area contributed by atoms with Crippen LogP contribution in [0.25, 0.3) is 16.6 Å². The van der Waals surface area contributed by atoms with E-state index < -0.39 is 20.8 Å². The van der Waals surface area contributed by atoms with E-state index in [1.165, 1.54) is 12.8 Å². The standard InChI is InChI=1S/C16H21N3O3S2/c1-3-23(20)10-13(8-11-4-5-11)12-6-7-15-14(9-12)18-16(17)19(15)24(2,21)22/h6-7,9-11H,3-5,8H2,1-2H3,(H2,17,18). The molecule has 1 unspecified atom stereocenters. The van der Waals surface area contributed by atoms with Gasteiger partial charge in [0, 0.05) is 22.0 Å². The molecule has 6 nitrogen and oxygen atoms in total. The predicted molar refractivity (Wildman–Crippen MR) is 98.4 cm³/mol. The molecule has 0 radical (unpaired) electrons. The Morgan fingerprint density at radius 3 is 2.75 bits per heavy atom. The number of hydrogen-bond acceptors (Lipinski definition) is 5. The highest BCUT2D eigenvalue weighted by Gasteiger charge is 2.24. The molecule has 0 bridgehead atoms. The topological polar surface area (TPSA) is 95.1 Å². The van der Waals surface area contributed by atoms with Crippen LogP contribution in [0, 0.1) is 5.92 Å². The van der Waals surface area contributed by atoms with Gasteiger partial charge in [-0.1, -0.05) is 13.0 Å². The van der Waals surface area contributed by atoms with E-state index in [1.807, 2.05) is 24.5 Å². The number of nitrogens with zero attached hydrogens (tertiary/aromatic N) is 2. The predicted octanol–water partition coefficient (Wildman–Crippen LogP) is 2.34. The molecule has 0 aliphatic heterocycles. The number of allylic oxidation sites excluding steroid dienone is 1. The van der Waals surface area contributed by atoms with Crippen LogP contribution < -0.4 is 5.73 Å². The van der Waals surface area contributed by atoms with Crippen molar-refractivity contribution in [1.82, 2.24) is 8.96 Å². The van der Waals surface area contributed by atoms with E-state index in [2.05, 4.69) is 4.98 Å². The Morgan fingerprint density at radius 2 is 2.17 bits per heavy atom. The van der Waals surface area contributed by atoms with Gasteiger partial charge in [-0.3, -0.25) is 4.21 Å². The SMILES string of the molecule is CCS(=O)C=C(CC1CC1)c1ccc2c(c1)nc(N)n2S(C)(=O)=O. The molecule has 0 saturated heterocycles. The number of rotatable bonds is 6. The number of nitrogens with two attached hydrogens (primary N) is 1. The molecule has 1 aromatic heterocycles. The fraction of sp³-hybridized carbons (Fsp3) is 0.438. The van der Waals surface area contributed by atoms with Gasteiger partial charge in [0.15, 0.2) is 0 Å². The summed E-state index contributed by atoms with van der Waals surface area (Å²) in [5, 5.41) is 1.82. The first-order valence-electron chi connectivity index (χ1n) is 7.86. The van der Waals surface area contributed by atoms with Crippen LogP contribution in [0.3, 0.4) is 0 Å². The Morgan fingerprint density at radius 1 is 1.46 bits per heavy atom. The Labute approximate surface area is 144 Å². The van der Waals surface area contributed by atoms with E-state index >= 15 is 0 Å². The number of imidazole rings is 1. The van der Waals surface area contributed by atoms with E-state index in [4.69, 9.17) is 5.73 Å². The Bertz CT molecular complexity index is 941.